The normalized spacial score (nSPS) is 20.9. The van der Waals surface area contributed by atoms with Gasteiger partial charge >= 0.3 is 12.2 Å². The number of carbonyl (C=O) groups is 5. The SMILES string of the molecule is C=CCC(NC(=O)OC1CCCCC1)C(=O)N1C[C@H](OC(=O)N2CCCCC2)CC1C(=O)NC(CCCCN)C(=O)c1nc2ccccc2o1. The number of hydrogen-bond donors (Lipinski definition) is 3. The van der Waals surface area contributed by atoms with Crippen LogP contribution in [0.4, 0.5) is 9.59 Å². The molecule has 5 rings (SSSR count). The minimum Gasteiger partial charge on any atom is -0.446 e. The number of nitrogens with one attached hydrogen (secondary N) is 2. The Morgan fingerprint density at radius 1 is 0.960 bits per heavy atom. The topological polar surface area (TPSA) is 186 Å². The highest BCUT2D eigenvalue weighted by molar-refractivity contribution is 6.01. The molecule has 0 bridgehead atoms. The lowest BCUT2D eigenvalue weighted by Gasteiger charge is -2.29. The number of rotatable bonds is 14. The molecule has 3 unspecified atom stereocenters. The summed E-state index contributed by atoms with van der Waals surface area (Å²) in [6.45, 7) is 5.25. The van der Waals surface area contributed by atoms with Gasteiger partial charge in [-0.05, 0) is 89.3 Å². The first-order chi connectivity index (χ1) is 24.3. The molecule has 2 saturated heterocycles. The van der Waals surface area contributed by atoms with Gasteiger partial charge in [-0.25, -0.2) is 14.6 Å². The van der Waals surface area contributed by atoms with Crippen LogP contribution in [-0.4, -0.2) is 101 Å². The van der Waals surface area contributed by atoms with Crippen molar-refractivity contribution in [3.63, 3.8) is 0 Å². The summed E-state index contributed by atoms with van der Waals surface area (Å²) in [4.78, 5) is 75.2. The molecule has 14 heteroatoms. The Balaban J connectivity index is 1.34. The highest BCUT2D eigenvalue weighted by atomic mass is 16.6. The number of alkyl carbamates (subject to hydrolysis) is 1. The second-order valence-corrected chi connectivity index (χ2v) is 13.4. The zero-order valence-corrected chi connectivity index (χ0v) is 28.7. The second kappa shape index (κ2) is 18.0. The molecule has 0 radical (unpaired) electrons. The van der Waals surface area contributed by atoms with Crippen LogP contribution in [0.3, 0.4) is 0 Å². The second-order valence-electron chi connectivity index (χ2n) is 13.4. The quantitative estimate of drug-likeness (QED) is 0.147. The van der Waals surface area contributed by atoms with Crippen LogP contribution in [0.15, 0.2) is 41.3 Å². The van der Waals surface area contributed by atoms with Crippen LogP contribution in [0, 0.1) is 0 Å². The highest BCUT2D eigenvalue weighted by Crippen LogP contribution is 2.26. The largest absolute Gasteiger partial charge is 0.446 e. The molecule has 4 N–H and O–H groups in total. The van der Waals surface area contributed by atoms with Gasteiger partial charge in [-0.1, -0.05) is 24.6 Å². The van der Waals surface area contributed by atoms with Crippen molar-refractivity contribution in [1.82, 2.24) is 25.4 Å². The van der Waals surface area contributed by atoms with Gasteiger partial charge in [-0.3, -0.25) is 14.4 Å². The minimum absolute atomic E-state index is 0.0110. The smallest absolute Gasteiger partial charge is 0.410 e. The maximum atomic E-state index is 14.1. The number of benzene rings is 1. The molecular formula is C36H50N6O8. The summed E-state index contributed by atoms with van der Waals surface area (Å²) >= 11 is 0. The lowest BCUT2D eigenvalue weighted by Crippen LogP contribution is -2.55. The van der Waals surface area contributed by atoms with E-state index in [0.717, 1.165) is 51.4 Å². The van der Waals surface area contributed by atoms with E-state index in [1.54, 1.807) is 29.2 Å². The molecule has 1 saturated carbocycles. The van der Waals surface area contributed by atoms with Gasteiger partial charge in [-0.2, -0.15) is 0 Å². The third kappa shape index (κ3) is 9.61. The number of nitrogens with zero attached hydrogens (tertiary/aromatic N) is 3. The number of ether oxygens (including phenoxy) is 2. The fraction of sp³-hybridized carbons (Fsp3) is 0.611. The van der Waals surface area contributed by atoms with E-state index >= 15 is 0 Å². The first kappa shape index (κ1) is 36.8. The average molecular weight is 695 g/mol. The van der Waals surface area contributed by atoms with Gasteiger partial charge in [0.1, 0.15) is 29.8 Å². The van der Waals surface area contributed by atoms with Crippen LogP contribution >= 0.6 is 0 Å². The van der Waals surface area contributed by atoms with Crippen LogP contribution in [0.5, 0.6) is 0 Å². The number of ketones is 1. The number of hydrogen-bond acceptors (Lipinski definition) is 10. The third-order valence-electron chi connectivity index (χ3n) is 9.63. The molecule has 4 atom stereocenters. The van der Waals surface area contributed by atoms with Crippen molar-refractivity contribution in [2.75, 3.05) is 26.2 Å². The van der Waals surface area contributed by atoms with Gasteiger partial charge in [-0.15, -0.1) is 6.58 Å². The molecule has 4 amide bonds. The Morgan fingerprint density at radius 3 is 2.42 bits per heavy atom. The molecule has 3 heterocycles. The summed E-state index contributed by atoms with van der Waals surface area (Å²) in [7, 11) is 0. The van der Waals surface area contributed by atoms with E-state index in [9.17, 15) is 24.0 Å². The van der Waals surface area contributed by atoms with Crippen molar-refractivity contribution in [3.8, 4) is 0 Å². The van der Waals surface area contributed by atoms with E-state index in [1.807, 2.05) is 0 Å². The number of oxazole rings is 1. The Bertz CT molecular complexity index is 1470. The predicted octanol–water partition coefficient (Wildman–Crippen LogP) is 4.22. The Labute approximate surface area is 292 Å². The zero-order chi connectivity index (χ0) is 35.5. The number of amides is 4. The number of piperidine rings is 1. The average Bonchev–Trinajstić information content (AvgIpc) is 3.76. The van der Waals surface area contributed by atoms with Crippen LogP contribution in [0.1, 0.15) is 94.2 Å². The number of fused-ring (bicyclic) bond motifs is 1. The molecule has 14 nitrogen and oxygen atoms in total. The fourth-order valence-electron chi connectivity index (χ4n) is 6.92. The first-order valence-corrected chi connectivity index (χ1v) is 18.0. The summed E-state index contributed by atoms with van der Waals surface area (Å²) in [6.07, 6.45) is 8.18. The molecule has 2 aromatic rings. The number of unbranched alkanes of at least 4 members (excludes halogenated alkanes) is 1. The minimum atomic E-state index is -1.10. The molecule has 272 valence electrons. The summed E-state index contributed by atoms with van der Waals surface area (Å²) in [6, 6.07) is 3.80. The van der Waals surface area contributed by atoms with Crippen molar-refractivity contribution >= 4 is 40.9 Å². The van der Waals surface area contributed by atoms with Gasteiger partial charge < -0.3 is 40.1 Å². The molecule has 1 aliphatic carbocycles. The van der Waals surface area contributed by atoms with Crippen LogP contribution < -0.4 is 16.4 Å². The maximum Gasteiger partial charge on any atom is 0.410 e. The first-order valence-electron chi connectivity index (χ1n) is 18.0. The van der Waals surface area contributed by atoms with Crippen molar-refractivity contribution < 1.29 is 37.9 Å². The Kier molecular flexibility index (Phi) is 13.2. The van der Waals surface area contributed by atoms with Crippen molar-refractivity contribution in [1.29, 1.82) is 0 Å². The Hall–Kier alpha value is -4.46. The highest BCUT2D eigenvalue weighted by Gasteiger charge is 2.45. The number of likely N-dealkylation sites (tertiary alicyclic amines) is 2. The number of carbonyl (C=O) groups excluding carboxylic acids is 5. The van der Waals surface area contributed by atoms with Gasteiger partial charge in [0.05, 0.1) is 12.6 Å². The molecule has 50 heavy (non-hydrogen) atoms. The number of nitrogens with two attached hydrogens (primary N) is 1. The van der Waals surface area contributed by atoms with E-state index < -0.39 is 54.0 Å². The molecule has 3 aliphatic rings. The number of aromatic nitrogens is 1. The summed E-state index contributed by atoms with van der Waals surface area (Å²) in [5, 5.41) is 5.52. The number of para-hydroxylation sites is 2. The lowest BCUT2D eigenvalue weighted by atomic mass is 9.98. The van der Waals surface area contributed by atoms with Gasteiger partial charge in [0.15, 0.2) is 5.58 Å². The number of Topliss-reactive ketones (excluding diaryl/α,β-unsaturated/α-hetero) is 1. The maximum absolute atomic E-state index is 14.1. The third-order valence-corrected chi connectivity index (χ3v) is 9.63. The van der Waals surface area contributed by atoms with Gasteiger partial charge in [0, 0.05) is 19.5 Å². The van der Waals surface area contributed by atoms with Crippen molar-refractivity contribution in [3.05, 3.63) is 42.8 Å². The van der Waals surface area contributed by atoms with Gasteiger partial charge in [0.2, 0.25) is 17.6 Å². The predicted molar refractivity (Wildman–Crippen MR) is 184 cm³/mol. The molecule has 1 aromatic carbocycles. The van der Waals surface area contributed by atoms with Crippen LogP contribution in [-0.2, 0) is 19.1 Å². The molecule has 1 aromatic heterocycles. The van der Waals surface area contributed by atoms with E-state index in [0.29, 0.717) is 43.6 Å². The standard InChI is InChI=1S/C36H50N6O8/c1-2-13-28(40-35(46)48-24-14-5-3-6-15-24)34(45)42-23-25(49-36(47)41-20-11-4-12-21-41)22-29(42)32(44)38-27(17-9-10-19-37)31(43)33-39-26-16-7-8-18-30(26)50-33/h2,7-8,16,18,24-25,27-29H,1,3-6,9-15,17,19-23,37H2,(H,38,44)(H,40,46)/t25-,27?,28?,29?/m1/s1. The summed E-state index contributed by atoms with van der Waals surface area (Å²) in [5.74, 6) is -1.79. The summed E-state index contributed by atoms with van der Waals surface area (Å²) < 4.78 is 17.2. The monoisotopic (exact) mass is 694 g/mol. The van der Waals surface area contributed by atoms with E-state index in [4.69, 9.17) is 19.6 Å². The molecule has 0 spiro atoms. The molecular weight excluding hydrogens is 644 g/mol. The summed E-state index contributed by atoms with van der Waals surface area (Å²) in [5.41, 5.74) is 6.67. The lowest BCUT2D eigenvalue weighted by molar-refractivity contribution is -0.140. The zero-order valence-electron chi connectivity index (χ0n) is 28.7. The van der Waals surface area contributed by atoms with E-state index in [1.165, 1.54) is 11.0 Å². The Morgan fingerprint density at radius 2 is 1.70 bits per heavy atom. The van der Waals surface area contributed by atoms with Crippen LogP contribution in [0.25, 0.3) is 11.1 Å². The molecule has 3 fully saturated rings. The van der Waals surface area contributed by atoms with Crippen LogP contribution in [0.2, 0.25) is 0 Å². The molecule has 2 aliphatic heterocycles. The van der Waals surface area contributed by atoms with Crippen molar-refractivity contribution in [2.45, 2.75) is 114 Å². The van der Waals surface area contributed by atoms with Crippen molar-refractivity contribution in [2.24, 2.45) is 5.73 Å². The van der Waals surface area contributed by atoms with Gasteiger partial charge in [0.25, 0.3) is 5.89 Å². The van der Waals surface area contributed by atoms with E-state index in [2.05, 4.69) is 22.2 Å². The fourth-order valence-corrected chi connectivity index (χ4v) is 6.92. The van der Waals surface area contributed by atoms with E-state index in [-0.39, 0.29) is 37.8 Å².